The molecule has 1 aliphatic heterocycles. The van der Waals surface area contributed by atoms with Gasteiger partial charge < -0.3 is 15.2 Å². The molecule has 2 aromatic rings. The third kappa shape index (κ3) is 3.46. The molecule has 0 saturated carbocycles. The summed E-state index contributed by atoms with van der Waals surface area (Å²) in [5, 5.41) is 10.1. The Morgan fingerprint density at radius 1 is 1.43 bits per heavy atom. The molecule has 0 radical (unpaired) electrons. The van der Waals surface area contributed by atoms with Crippen LogP contribution < -0.4 is 10.6 Å². The van der Waals surface area contributed by atoms with Crippen LogP contribution in [-0.2, 0) is 0 Å². The summed E-state index contributed by atoms with van der Waals surface area (Å²) in [7, 11) is 0. The lowest BCUT2D eigenvalue weighted by Crippen LogP contribution is -2.38. The summed E-state index contributed by atoms with van der Waals surface area (Å²) in [5.74, 6) is 0.876. The van der Waals surface area contributed by atoms with Crippen molar-refractivity contribution >= 4 is 5.91 Å². The molecular weight excluding hydrogens is 268 g/mol. The number of carbonyl (C=O) groups excluding carboxylic acids is 1. The molecule has 3 rings (SSSR count). The first kappa shape index (κ1) is 13.8. The van der Waals surface area contributed by atoms with E-state index in [1.165, 1.54) is 0 Å². The Kier molecular flexibility index (Phi) is 4.25. The lowest BCUT2D eigenvalue weighted by Gasteiger charge is -2.22. The van der Waals surface area contributed by atoms with Crippen LogP contribution in [0.3, 0.4) is 0 Å². The second-order valence-electron chi connectivity index (χ2n) is 5.23. The van der Waals surface area contributed by atoms with Crippen LogP contribution in [0.5, 0.6) is 0 Å². The molecule has 1 unspecified atom stereocenters. The van der Waals surface area contributed by atoms with Crippen molar-refractivity contribution in [3.8, 4) is 11.3 Å². The van der Waals surface area contributed by atoms with E-state index >= 15 is 0 Å². The van der Waals surface area contributed by atoms with E-state index in [1.807, 2.05) is 12.1 Å². The van der Waals surface area contributed by atoms with E-state index in [1.54, 1.807) is 18.5 Å². The van der Waals surface area contributed by atoms with Crippen LogP contribution in [-0.4, -0.2) is 35.7 Å². The van der Waals surface area contributed by atoms with Crippen LogP contribution in [0.1, 0.15) is 23.3 Å². The Bertz CT molecular complexity index is 591. The third-order valence-corrected chi connectivity index (χ3v) is 3.66. The highest BCUT2D eigenvalue weighted by molar-refractivity contribution is 5.93. The number of carbonyl (C=O) groups is 1. The highest BCUT2D eigenvalue weighted by atomic mass is 16.5. The summed E-state index contributed by atoms with van der Waals surface area (Å²) in [4.78, 5) is 16.0. The zero-order chi connectivity index (χ0) is 14.5. The molecule has 0 bridgehead atoms. The Labute approximate surface area is 122 Å². The van der Waals surface area contributed by atoms with E-state index < -0.39 is 0 Å². The molecular formula is C15H18N4O2. The standard InChI is InChI=1S/C15H18N4O2/c20-15(18-10-11-2-1-5-17-9-11)13-8-14(21-19-13)12-3-6-16-7-4-12/h3-4,6-8,11,17H,1-2,5,9-10H2,(H,18,20). The molecule has 1 saturated heterocycles. The maximum absolute atomic E-state index is 12.1. The number of amides is 1. The van der Waals surface area contributed by atoms with E-state index in [0.29, 0.717) is 23.9 Å². The second-order valence-corrected chi connectivity index (χ2v) is 5.23. The van der Waals surface area contributed by atoms with Gasteiger partial charge in [0, 0.05) is 30.6 Å². The van der Waals surface area contributed by atoms with Crippen molar-refractivity contribution < 1.29 is 9.32 Å². The number of piperidine rings is 1. The molecule has 1 fully saturated rings. The van der Waals surface area contributed by atoms with Gasteiger partial charge in [0.1, 0.15) is 0 Å². The summed E-state index contributed by atoms with van der Waals surface area (Å²) in [6, 6.07) is 5.29. The number of aromatic nitrogens is 2. The number of nitrogens with one attached hydrogen (secondary N) is 2. The topological polar surface area (TPSA) is 80.0 Å². The van der Waals surface area contributed by atoms with Gasteiger partial charge in [0.25, 0.3) is 5.91 Å². The first-order valence-electron chi connectivity index (χ1n) is 7.19. The quantitative estimate of drug-likeness (QED) is 0.889. The van der Waals surface area contributed by atoms with Gasteiger partial charge >= 0.3 is 0 Å². The second kappa shape index (κ2) is 6.49. The van der Waals surface area contributed by atoms with Crippen LogP contribution in [0.4, 0.5) is 0 Å². The Morgan fingerprint density at radius 2 is 2.29 bits per heavy atom. The molecule has 0 spiro atoms. The zero-order valence-electron chi connectivity index (χ0n) is 11.7. The SMILES string of the molecule is O=C(NCC1CCCNC1)c1cc(-c2ccncc2)on1. The van der Waals surface area contributed by atoms with Gasteiger partial charge in [-0.1, -0.05) is 5.16 Å². The van der Waals surface area contributed by atoms with Crippen molar-refractivity contribution in [2.45, 2.75) is 12.8 Å². The number of hydrogen-bond acceptors (Lipinski definition) is 5. The predicted molar refractivity (Wildman–Crippen MR) is 77.7 cm³/mol. The van der Waals surface area contributed by atoms with Gasteiger partial charge in [-0.05, 0) is 44.0 Å². The van der Waals surface area contributed by atoms with Crippen molar-refractivity contribution in [1.29, 1.82) is 0 Å². The van der Waals surface area contributed by atoms with Crippen LogP contribution in [0, 0.1) is 5.92 Å². The van der Waals surface area contributed by atoms with Gasteiger partial charge in [0.15, 0.2) is 11.5 Å². The largest absolute Gasteiger partial charge is 0.355 e. The molecule has 2 aromatic heterocycles. The van der Waals surface area contributed by atoms with E-state index in [2.05, 4.69) is 20.8 Å². The van der Waals surface area contributed by atoms with Gasteiger partial charge in [-0.3, -0.25) is 9.78 Å². The molecule has 110 valence electrons. The number of pyridine rings is 1. The Hall–Kier alpha value is -2.21. The fourth-order valence-electron chi connectivity index (χ4n) is 2.46. The van der Waals surface area contributed by atoms with Crippen LogP contribution in [0.2, 0.25) is 0 Å². The third-order valence-electron chi connectivity index (χ3n) is 3.66. The smallest absolute Gasteiger partial charge is 0.273 e. The fraction of sp³-hybridized carbons (Fsp3) is 0.400. The van der Waals surface area contributed by atoms with Crippen LogP contribution in [0.25, 0.3) is 11.3 Å². The summed E-state index contributed by atoms with van der Waals surface area (Å²) in [5.41, 5.74) is 1.17. The average Bonchev–Trinajstić information content (AvgIpc) is 3.04. The first-order valence-corrected chi connectivity index (χ1v) is 7.19. The summed E-state index contributed by atoms with van der Waals surface area (Å²) in [6.45, 7) is 2.70. The molecule has 1 aliphatic rings. The van der Waals surface area contributed by atoms with Crippen molar-refractivity contribution in [2.24, 2.45) is 5.92 Å². The van der Waals surface area contributed by atoms with Crippen molar-refractivity contribution in [2.75, 3.05) is 19.6 Å². The minimum absolute atomic E-state index is 0.190. The summed E-state index contributed by atoms with van der Waals surface area (Å²) >= 11 is 0. The van der Waals surface area contributed by atoms with Crippen molar-refractivity contribution in [3.05, 3.63) is 36.3 Å². The lowest BCUT2D eigenvalue weighted by atomic mass is 10.00. The normalized spacial score (nSPS) is 18.4. The minimum Gasteiger partial charge on any atom is -0.355 e. The molecule has 1 atom stereocenters. The van der Waals surface area contributed by atoms with Gasteiger partial charge in [0.2, 0.25) is 0 Å². The minimum atomic E-state index is -0.190. The Balaban J connectivity index is 1.59. The summed E-state index contributed by atoms with van der Waals surface area (Å²) < 4.78 is 5.21. The molecule has 3 heterocycles. The van der Waals surface area contributed by atoms with Gasteiger partial charge in [-0.25, -0.2) is 0 Å². The lowest BCUT2D eigenvalue weighted by molar-refractivity contribution is 0.0936. The molecule has 6 heteroatoms. The van der Waals surface area contributed by atoms with Crippen LogP contribution in [0.15, 0.2) is 35.1 Å². The van der Waals surface area contributed by atoms with Gasteiger partial charge in [-0.15, -0.1) is 0 Å². The maximum atomic E-state index is 12.1. The van der Waals surface area contributed by atoms with E-state index in [0.717, 1.165) is 31.5 Å². The summed E-state index contributed by atoms with van der Waals surface area (Å²) in [6.07, 6.45) is 5.66. The highest BCUT2D eigenvalue weighted by Gasteiger charge is 2.17. The number of rotatable bonds is 4. The molecule has 2 N–H and O–H groups in total. The van der Waals surface area contributed by atoms with E-state index in [-0.39, 0.29) is 5.91 Å². The predicted octanol–water partition coefficient (Wildman–Crippen LogP) is 1.47. The molecule has 0 aliphatic carbocycles. The monoisotopic (exact) mass is 286 g/mol. The highest BCUT2D eigenvalue weighted by Crippen LogP contribution is 2.19. The van der Waals surface area contributed by atoms with E-state index in [4.69, 9.17) is 4.52 Å². The van der Waals surface area contributed by atoms with Crippen molar-refractivity contribution in [3.63, 3.8) is 0 Å². The fourth-order valence-corrected chi connectivity index (χ4v) is 2.46. The average molecular weight is 286 g/mol. The molecule has 0 aromatic carbocycles. The number of hydrogen-bond donors (Lipinski definition) is 2. The van der Waals surface area contributed by atoms with Crippen LogP contribution >= 0.6 is 0 Å². The van der Waals surface area contributed by atoms with Gasteiger partial charge in [-0.2, -0.15) is 0 Å². The maximum Gasteiger partial charge on any atom is 0.273 e. The molecule has 21 heavy (non-hydrogen) atoms. The van der Waals surface area contributed by atoms with Crippen molar-refractivity contribution in [1.82, 2.24) is 20.8 Å². The number of nitrogens with zero attached hydrogens (tertiary/aromatic N) is 2. The molecule has 6 nitrogen and oxygen atoms in total. The Morgan fingerprint density at radius 3 is 3.05 bits per heavy atom. The first-order chi connectivity index (χ1) is 10.3. The zero-order valence-corrected chi connectivity index (χ0v) is 11.7. The van der Waals surface area contributed by atoms with Gasteiger partial charge in [0.05, 0.1) is 0 Å². The van der Waals surface area contributed by atoms with E-state index in [9.17, 15) is 4.79 Å². The molecule has 1 amide bonds.